The van der Waals surface area contributed by atoms with Crippen LogP contribution in [-0.4, -0.2) is 16.7 Å². The normalized spacial score (nSPS) is 20.5. The summed E-state index contributed by atoms with van der Waals surface area (Å²) in [5, 5.41) is 13.8. The average Bonchev–Trinajstić information content (AvgIpc) is 2.50. The van der Waals surface area contributed by atoms with Crippen molar-refractivity contribution >= 4 is 17.2 Å². The minimum Gasteiger partial charge on any atom is -0.374 e. The van der Waals surface area contributed by atoms with Gasteiger partial charge in [-0.05, 0) is 18.6 Å². The Balaban J connectivity index is 2.50. The summed E-state index contributed by atoms with van der Waals surface area (Å²) < 4.78 is 0. The van der Waals surface area contributed by atoms with E-state index in [0.717, 1.165) is 5.56 Å². The first-order valence-electron chi connectivity index (χ1n) is 5.40. The number of hydrogen-bond acceptors (Lipinski definition) is 4. The number of nitrogens with zero attached hydrogens (tertiary/aromatic N) is 1. The number of non-ortho nitro benzene ring substituents is 1. The van der Waals surface area contributed by atoms with E-state index in [1.807, 2.05) is 13.8 Å². The molecule has 5 nitrogen and oxygen atoms in total. The number of carbonyl (C=O) groups excluding carboxylic acids is 1. The largest absolute Gasteiger partial charge is 0.374 e. The van der Waals surface area contributed by atoms with Gasteiger partial charge in [0.05, 0.1) is 11.0 Å². The van der Waals surface area contributed by atoms with Gasteiger partial charge in [0.15, 0.2) is 5.78 Å². The van der Waals surface area contributed by atoms with Crippen molar-refractivity contribution in [3.05, 3.63) is 33.9 Å². The SMILES string of the molecule is CC(=O)C1Nc2cc([N+](=O)[O-])ccc2C1(C)C. The topological polar surface area (TPSA) is 72.2 Å². The Labute approximate surface area is 99.0 Å². The van der Waals surface area contributed by atoms with E-state index in [1.54, 1.807) is 6.07 Å². The fraction of sp³-hybridized carbons (Fsp3) is 0.417. The molecule has 5 heteroatoms. The lowest BCUT2D eigenvalue weighted by atomic mass is 9.79. The molecule has 0 aromatic heterocycles. The number of carbonyl (C=O) groups is 1. The third-order valence-electron chi connectivity index (χ3n) is 3.34. The molecule has 1 heterocycles. The summed E-state index contributed by atoms with van der Waals surface area (Å²) in [6.07, 6.45) is 0. The number of ketones is 1. The van der Waals surface area contributed by atoms with E-state index >= 15 is 0 Å². The molecule has 0 aliphatic carbocycles. The van der Waals surface area contributed by atoms with E-state index in [-0.39, 0.29) is 22.9 Å². The molecule has 17 heavy (non-hydrogen) atoms. The van der Waals surface area contributed by atoms with Gasteiger partial charge >= 0.3 is 0 Å². The van der Waals surface area contributed by atoms with Crippen LogP contribution in [-0.2, 0) is 10.2 Å². The quantitative estimate of drug-likeness (QED) is 0.629. The predicted molar refractivity (Wildman–Crippen MR) is 64.2 cm³/mol. The van der Waals surface area contributed by atoms with E-state index in [1.165, 1.54) is 19.1 Å². The lowest BCUT2D eigenvalue weighted by Crippen LogP contribution is -2.38. The summed E-state index contributed by atoms with van der Waals surface area (Å²) in [4.78, 5) is 21.8. The first kappa shape index (κ1) is 11.6. The van der Waals surface area contributed by atoms with Crippen molar-refractivity contribution in [3.63, 3.8) is 0 Å². The number of Topliss-reactive ketones (excluding diaryl/α,β-unsaturated/α-hetero) is 1. The molecule has 1 aromatic carbocycles. The zero-order valence-electron chi connectivity index (χ0n) is 9.98. The lowest BCUT2D eigenvalue weighted by Gasteiger charge is -2.25. The van der Waals surface area contributed by atoms with Gasteiger partial charge in [-0.25, -0.2) is 0 Å². The lowest BCUT2D eigenvalue weighted by molar-refractivity contribution is -0.384. The van der Waals surface area contributed by atoms with E-state index in [2.05, 4.69) is 5.32 Å². The van der Waals surface area contributed by atoms with Crippen LogP contribution in [0.15, 0.2) is 18.2 Å². The van der Waals surface area contributed by atoms with Crippen molar-refractivity contribution < 1.29 is 9.72 Å². The van der Waals surface area contributed by atoms with Crippen LogP contribution in [0, 0.1) is 10.1 Å². The van der Waals surface area contributed by atoms with Crippen LogP contribution in [0.3, 0.4) is 0 Å². The maximum Gasteiger partial charge on any atom is 0.271 e. The molecule has 0 bridgehead atoms. The van der Waals surface area contributed by atoms with Crippen molar-refractivity contribution in [2.24, 2.45) is 0 Å². The molecule has 1 atom stereocenters. The van der Waals surface area contributed by atoms with E-state index < -0.39 is 4.92 Å². The predicted octanol–water partition coefficient (Wildman–Crippen LogP) is 2.26. The van der Waals surface area contributed by atoms with E-state index in [0.29, 0.717) is 5.69 Å². The Morgan fingerprint density at radius 2 is 2.12 bits per heavy atom. The smallest absolute Gasteiger partial charge is 0.271 e. The van der Waals surface area contributed by atoms with Crippen molar-refractivity contribution in [2.45, 2.75) is 32.2 Å². The Morgan fingerprint density at radius 1 is 1.47 bits per heavy atom. The molecule has 0 saturated carbocycles. The molecule has 1 aliphatic heterocycles. The Kier molecular flexibility index (Phi) is 2.41. The summed E-state index contributed by atoms with van der Waals surface area (Å²) in [7, 11) is 0. The second-order valence-corrected chi connectivity index (χ2v) is 4.90. The molecule has 0 radical (unpaired) electrons. The highest BCUT2D eigenvalue weighted by Gasteiger charge is 2.42. The zero-order valence-corrected chi connectivity index (χ0v) is 9.98. The average molecular weight is 234 g/mol. The van der Waals surface area contributed by atoms with Crippen LogP contribution in [0.4, 0.5) is 11.4 Å². The third kappa shape index (κ3) is 1.67. The molecule has 0 fully saturated rings. The highest BCUT2D eigenvalue weighted by Crippen LogP contribution is 2.42. The van der Waals surface area contributed by atoms with Crippen molar-refractivity contribution in [1.29, 1.82) is 0 Å². The summed E-state index contributed by atoms with van der Waals surface area (Å²) in [6.45, 7) is 5.45. The molecular weight excluding hydrogens is 220 g/mol. The molecule has 90 valence electrons. The van der Waals surface area contributed by atoms with Crippen LogP contribution in [0.25, 0.3) is 0 Å². The first-order valence-corrected chi connectivity index (χ1v) is 5.40. The maximum absolute atomic E-state index is 11.6. The molecule has 1 unspecified atom stereocenters. The first-order chi connectivity index (χ1) is 7.84. The number of anilines is 1. The van der Waals surface area contributed by atoms with Crippen molar-refractivity contribution in [3.8, 4) is 0 Å². The number of hydrogen-bond donors (Lipinski definition) is 1. The summed E-state index contributed by atoms with van der Waals surface area (Å²) in [6, 6.07) is 4.37. The maximum atomic E-state index is 11.6. The minimum atomic E-state index is -0.434. The van der Waals surface area contributed by atoms with Gasteiger partial charge in [-0.15, -0.1) is 0 Å². The number of nitro benzene ring substituents is 1. The minimum absolute atomic E-state index is 0.0360. The number of fused-ring (bicyclic) bond motifs is 1. The van der Waals surface area contributed by atoms with Crippen LogP contribution in [0.1, 0.15) is 26.3 Å². The van der Waals surface area contributed by atoms with Gasteiger partial charge in [0.25, 0.3) is 5.69 Å². The number of nitro groups is 1. The summed E-state index contributed by atoms with van der Waals surface area (Å²) >= 11 is 0. The highest BCUT2D eigenvalue weighted by atomic mass is 16.6. The molecule has 2 rings (SSSR count). The van der Waals surface area contributed by atoms with Gasteiger partial charge in [-0.1, -0.05) is 13.8 Å². The number of nitrogens with one attached hydrogen (secondary N) is 1. The Hall–Kier alpha value is -1.91. The standard InChI is InChI=1S/C12H14N2O3/c1-7(15)11-12(2,3)9-5-4-8(14(16)17)6-10(9)13-11/h4-6,11,13H,1-3H3. The second kappa shape index (κ2) is 3.55. The van der Waals surface area contributed by atoms with Crippen LogP contribution < -0.4 is 5.32 Å². The van der Waals surface area contributed by atoms with Gasteiger partial charge in [-0.2, -0.15) is 0 Å². The third-order valence-corrected chi connectivity index (χ3v) is 3.34. The monoisotopic (exact) mass is 234 g/mol. The van der Waals surface area contributed by atoms with Gasteiger partial charge in [0, 0.05) is 23.2 Å². The van der Waals surface area contributed by atoms with E-state index in [4.69, 9.17) is 0 Å². The molecule has 0 spiro atoms. The van der Waals surface area contributed by atoms with Gasteiger partial charge in [0.2, 0.25) is 0 Å². The fourth-order valence-electron chi connectivity index (χ4n) is 2.43. The van der Waals surface area contributed by atoms with Gasteiger partial charge < -0.3 is 5.32 Å². The molecular formula is C12H14N2O3. The molecule has 1 N–H and O–H groups in total. The van der Waals surface area contributed by atoms with Crippen LogP contribution >= 0.6 is 0 Å². The second-order valence-electron chi connectivity index (χ2n) is 4.90. The summed E-state index contributed by atoms with van der Waals surface area (Å²) in [5.41, 5.74) is 1.33. The van der Waals surface area contributed by atoms with Crippen molar-refractivity contribution in [2.75, 3.05) is 5.32 Å². The summed E-state index contributed by atoms with van der Waals surface area (Å²) in [5.74, 6) is 0.0360. The number of rotatable bonds is 2. The van der Waals surface area contributed by atoms with Crippen LogP contribution in [0.2, 0.25) is 0 Å². The zero-order chi connectivity index (χ0) is 12.8. The Bertz CT molecular complexity index is 508. The number of benzene rings is 1. The molecule has 0 amide bonds. The molecule has 1 aliphatic rings. The van der Waals surface area contributed by atoms with Gasteiger partial charge in [0.1, 0.15) is 0 Å². The highest BCUT2D eigenvalue weighted by molar-refractivity contribution is 5.89. The van der Waals surface area contributed by atoms with Crippen LogP contribution in [0.5, 0.6) is 0 Å². The van der Waals surface area contributed by atoms with E-state index in [9.17, 15) is 14.9 Å². The fourth-order valence-corrected chi connectivity index (χ4v) is 2.43. The molecule has 1 aromatic rings. The van der Waals surface area contributed by atoms with Crippen molar-refractivity contribution in [1.82, 2.24) is 0 Å². The molecule has 0 saturated heterocycles. The van der Waals surface area contributed by atoms with Gasteiger partial charge in [-0.3, -0.25) is 14.9 Å². The Morgan fingerprint density at radius 3 is 2.65 bits per heavy atom.